The lowest BCUT2D eigenvalue weighted by atomic mass is 9.97. The summed E-state index contributed by atoms with van der Waals surface area (Å²) in [6.45, 7) is 2.96. The van der Waals surface area contributed by atoms with Crippen LogP contribution in [0.15, 0.2) is 47.9 Å². The van der Waals surface area contributed by atoms with Gasteiger partial charge in [0.2, 0.25) is 0 Å². The van der Waals surface area contributed by atoms with E-state index in [1.165, 1.54) is 23.4 Å². The summed E-state index contributed by atoms with van der Waals surface area (Å²) in [5, 5.41) is 14.0. The first-order valence-electron chi connectivity index (χ1n) is 10.9. The number of benzene rings is 1. The van der Waals surface area contributed by atoms with Crippen molar-refractivity contribution in [3.8, 4) is 5.75 Å². The van der Waals surface area contributed by atoms with Crippen LogP contribution in [0.1, 0.15) is 29.6 Å². The first kappa shape index (κ1) is 23.4. The summed E-state index contributed by atoms with van der Waals surface area (Å²) in [7, 11) is 0. The van der Waals surface area contributed by atoms with Gasteiger partial charge in [-0.1, -0.05) is 0 Å². The fraction of sp³-hybridized carbons (Fsp3) is 0.500. The fourth-order valence-corrected chi connectivity index (χ4v) is 4.78. The predicted molar refractivity (Wildman–Crippen MR) is 113 cm³/mol. The van der Waals surface area contributed by atoms with Crippen molar-refractivity contribution in [1.82, 2.24) is 15.1 Å². The van der Waals surface area contributed by atoms with Gasteiger partial charge in [-0.25, -0.2) is 5.01 Å². The average Bonchev–Trinajstić information content (AvgIpc) is 3.32. The number of hydrazine groups is 1. The van der Waals surface area contributed by atoms with Crippen molar-refractivity contribution in [2.24, 2.45) is 23.3 Å². The Kier molecular flexibility index (Phi) is 6.55. The van der Waals surface area contributed by atoms with E-state index in [2.05, 4.69) is 9.64 Å². The molecule has 5 N–H and O–H groups in total. The molecular weight excluding hydrogens is 439 g/mol. The average molecular weight is 467 g/mol. The van der Waals surface area contributed by atoms with Crippen molar-refractivity contribution in [2.75, 3.05) is 26.2 Å². The number of alkyl halides is 3. The van der Waals surface area contributed by atoms with Crippen LogP contribution in [0, 0.1) is 11.8 Å². The molecule has 0 aromatic heterocycles. The summed E-state index contributed by atoms with van der Waals surface area (Å²) >= 11 is 0. The molecule has 2 unspecified atom stereocenters. The second-order valence-electron chi connectivity index (χ2n) is 8.87. The molecule has 0 bridgehead atoms. The van der Waals surface area contributed by atoms with Crippen molar-refractivity contribution in [2.45, 2.75) is 31.7 Å². The molecule has 2 heterocycles. The quantitative estimate of drug-likeness (QED) is 0.333. The number of carbonyl (C=O) groups excluding carboxylic acids is 1. The van der Waals surface area contributed by atoms with Crippen molar-refractivity contribution in [3.05, 3.63) is 53.5 Å². The lowest BCUT2D eigenvalue weighted by Gasteiger charge is -2.36. The smallest absolute Gasteiger partial charge is 0.406 e. The third kappa shape index (κ3) is 5.60. The highest BCUT2D eigenvalue weighted by molar-refractivity contribution is 6.04. The first-order chi connectivity index (χ1) is 15.6. The summed E-state index contributed by atoms with van der Waals surface area (Å²) in [6, 6.07) is 4.78. The summed E-state index contributed by atoms with van der Waals surface area (Å²) in [4.78, 5) is 14.4. The molecule has 4 rings (SSSR count). The Morgan fingerprint density at radius 3 is 2.30 bits per heavy atom. The van der Waals surface area contributed by atoms with E-state index in [4.69, 9.17) is 11.5 Å². The lowest BCUT2D eigenvalue weighted by molar-refractivity contribution is -0.274. The van der Waals surface area contributed by atoms with Gasteiger partial charge in [0.15, 0.2) is 5.78 Å². The fourth-order valence-electron chi connectivity index (χ4n) is 4.78. The van der Waals surface area contributed by atoms with Crippen LogP contribution in [-0.2, 0) is 0 Å². The number of halogens is 3. The minimum atomic E-state index is -4.77. The van der Waals surface area contributed by atoms with Gasteiger partial charge in [0.1, 0.15) is 5.75 Å². The molecule has 2 fully saturated rings. The van der Waals surface area contributed by atoms with Crippen LogP contribution in [0.2, 0.25) is 0 Å². The molecule has 8 nitrogen and oxygen atoms in total. The Balaban J connectivity index is 1.26. The van der Waals surface area contributed by atoms with E-state index in [9.17, 15) is 23.2 Å². The highest BCUT2D eigenvalue weighted by atomic mass is 19.4. The van der Waals surface area contributed by atoms with Gasteiger partial charge < -0.3 is 21.1 Å². The Hall–Kier alpha value is -2.76. The van der Waals surface area contributed by atoms with Gasteiger partial charge in [-0.3, -0.25) is 10.0 Å². The molecule has 3 aliphatic rings. The maximum Gasteiger partial charge on any atom is 0.573 e. The molecule has 1 aliphatic carbocycles. The van der Waals surface area contributed by atoms with Crippen LogP contribution in [0.3, 0.4) is 0 Å². The molecule has 2 saturated heterocycles. The molecular formula is C22H28F3N5O3. The van der Waals surface area contributed by atoms with Gasteiger partial charge in [-0.05, 0) is 48.9 Å². The van der Waals surface area contributed by atoms with Crippen LogP contribution < -0.4 is 16.2 Å². The van der Waals surface area contributed by atoms with Gasteiger partial charge in [-0.15, -0.1) is 18.3 Å². The van der Waals surface area contributed by atoms with E-state index in [-0.39, 0.29) is 23.1 Å². The number of rotatable bonds is 6. The van der Waals surface area contributed by atoms with Gasteiger partial charge in [0, 0.05) is 61.8 Å². The number of carbonyl (C=O) groups is 1. The van der Waals surface area contributed by atoms with Crippen molar-refractivity contribution < 1.29 is 27.9 Å². The molecule has 0 saturated carbocycles. The van der Waals surface area contributed by atoms with Crippen LogP contribution >= 0.6 is 0 Å². The topological polar surface area (TPSA) is 108 Å². The van der Waals surface area contributed by atoms with Gasteiger partial charge in [-0.2, -0.15) is 0 Å². The highest BCUT2D eigenvalue weighted by Gasteiger charge is 2.42. The maximum absolute atomic E-state index is 12.4. The Morgan fingerprint density at radius 2 is 1.73 bits per heavy atom. The zero-order valence-corrected chi connectivity index (χ0v) is 18.0. The number of likely N-dealkylation sites (tertiary alicyclic amines) is 1. The van der Waals surface area contributed by atoms with Crippen LogP contribution in [0.4, 0.5) is 13.2 Å². The van der Waals surface area contributed by atoms with Crippen molar-refractivity contribution in [1.29, 1.82) is 0 Å². The van der Waals surface area contributed by atoms with Crippen LogP contribution in [-0.4, -0.2) is 64.7 Å². The second kappa shape index (κ2) is 9.24. The summed E-state index contributed by atoms with van der Waals surface area (Å²) in [5.41, 5.74) is 13.4. The number of hydrogen-bond donors (Lipinski definition) is 3. The number of hydrogen-bond acceptors (Lipinski definition) is 8. The number of nitrogens with zero attached hydrogens (tertiary/aromatic N) is 3. The van der Waals surface area contributed by atoms with Gasteiger partial charge in [0.05, 0.1) is 6.04 Å². The SMILES string of the molecule is NC1=C(N)C[C@H](N(O)N2CC3CN(/C=C/C(=O)c4ccc(OC(F)(F)F)cc4)CC3C2)CC1. The first-order valence-corrected chi connectivity index (χ1v) is 10.9. The van der Waals surface area contributed by atoms with Gasteiger partial charge in [0.25, 0.3) is 0 Å². The van der Waals surface area contributed by atoms with Crippen molar-refractivity contribution >= 4 is 5.78 Å². The predicted octanol–water partition coefficient (Wildman–Crippen LogP) is 2.43. The van der Waals surface area contributed by atoms with Gasteiger partial charge >= 0.3 is 6.36 Å². The third-order valence-corrected chi connectivity index (χ3v) is 6.54. The largest absolute Gasteiger partial charge is 0.573 e. The molecule has 0 spiro atoms. The number of allylic oxidation sites excluding steroid dienone is 2. The van der Waals surface area contributed by atoms with E-state index in [1.807, 2.05) is 5.01 Å². The molecule has 3 atom stereocenters. The van der Waals surface area contributed by atoms with E-state index >= 15 is 0 Å². The van der Waals surface area contributed by atoms with Crippen LogP contribution in [0.25, 0.3) is 0 Å². The molecule has 11 heteroatoms. The lowest BCUT2D eigenvalue weighted by Crippen LogP contribution is -2.48. The van der Waals surface area contributed by atoms with Crippen molar-refractivity contribution in [3.63, 3.8) is 0 Å². The molecule has 33 heavy (non-hydrogen) atoms. The molecule has 1 aromatic rings. The normalized spacial score (nSPS) is 26.5. The van der Waals surface area contributed by atoms with E-state index in [0.29, 0.717) is 36.1 Å². The van der Waals surface area contributed by atoms with Crippen LogP contribution in [0.5, 0.6) is 5.75 Å². The number of hydroxylamine groups is 1. The Bertz CT molecular complexity index is 920. The number of nitrogens with two attached hydrogens (primary N) is 2. The third-order valence-electron chi connectivity index (χ3n) is 6.54. The standard InChI is InChI=1S/C22H28F3N5O3/c23-22(24,25)33-18-4-1-14(2-5-18)21(31)7-8-28-10-15-12-29(13-16(15)11-28)30(32)17-3-6-19(26)20(27)9-17/h1-2,4-5,7-8,15-17,32H,3,6,9-13,26-27H2/b8-7+/t15?,16?,17-/m1/s1. The van der Waals surface area contributed by atoms with E-state index in [0.717, 1.165) is 44.7 Å². The Labute approximate surface area is 189 Å². The molecule has 0 radical (unpaired) electrons. The minimum absolute atomic E-state index is 0.0716. The van der Waals surface area contributed by atoms with E-state index < -0.39 is 6.36 Å². The zero-order chi connectivity index (χ0) is 23.8. The molecule has 1 aromatic carbocycles. The highest BCUT2D eigenvalue weighted by Crippen LogP contribution is 2.34. The summed E-state index contributed by atoms with van der Waals surface area (Å²) in [6.07, 6.45) is 0.384. The number of ketones is 1. The Morgan fingerprint density at radius 1 is 1.09 bits per heavy atom. The monoisotopic (exact) mass is 467 g/mol. The number of fused-ring (bicyclic) bond motifs is 1. The maximum atomic E-state index is 12.4. The summed E-state index contributed by atoms with van der Waals surface area (Å²) < 4.78 is 40.6. The molecule has 0 amide bonds. The molecule has 180 valence electrons. The summed E-state index contributed by atoms with van der Waals surface area (Å²) in [5.74, 6) is 0.0591. The van der Waals surface area contributed by atoms with E-state index in [1.54, 1.807) is 6.20 Å². The zero-order valence-electron chi connectivity index (χ0n) is 18.0. The second-order valence-corrected chi connectivity index (χ2v) is 8.87. The molecule has 2 aliphatic heterocycles. The minimum Gasteiger partial charge on any atom is -0.406 e. The number of ether oxygens (including phenoxy) is 1.